The van der Waals surface area contributed by atoms with E-state index >= 15 is 0 Å². The van der Waals surface area contributed by atoms with Crippen molar-refractivity contribution in [2.75, 3.05) is 7.11 Å². The normalized spacial score (nSPS) is 10.2. The molecule has 2 rings (SSSR count). The van der Waals surface area contributed by atoms with Gasteiger partial charge in [-0.1, -0.05) is 0 Å². The fraction of sp³-hybridized carbons (Fsp3) is 0.111. The van der Waals surface area contributed by atoms with Crippen LogP contribution in [0.1, 0.15) is 10.5 Å². The van der Waals surface area contributed by atoms with E-state index in [1.807, 2.05) is 12.1 Å². The molecule has 2 aromatic heterocycles. The van der Waals surface area contributed by atoms with Crippen LogP contribution in [-0.4, -0.2) is 23.0 Å². The summed E-state index contributed by atoms with van der Waals surface area (Å²) in [6.45, 7) is 0. The summed E-state index contributed by atoms with van der Waals surface area (Å²) >= 11 is 6.35. The molecular formula is C9H8N2O2S2. The molecule has 0 bridgehead atoms. The highest BCUT2D eigenvalue weighted by Gasteiger charge is 2.16. The molecule has 0 saturated carbocycles. The van der Waals surface area contributed by atoms with E-state index in [2.05, 4.69) is 14.7 Å². The van der Waals surface area contributed by atoms with Crippen molar-refractivity contribution in [1.82, 2.24) is 9.97 Å². The number of rotatable bonds is 2. The van der Waals surface area contributed by atoms with Gasteiger partial charge in [-0.3, -0.25) is 0 Å². The molecule has 0 aromatic carbocycles. The molecule has 0 unspecified atom stereocenters. The molecule has 0 spiro atoms. The minimum Gasteiger partial charge on any atom is -0.464 e. The molecule has 0 aliphatic carbocycles. The highest BCUT2D eigenvalue weighted by Crippen LogP contribution is 2.27. The Morgan fingerprint density at radius 3 is 3.00 bits per heavy atom. The summed E-state index contributed by atoms with van der Waals surface area (Å²) in [7, 11) is 1.34. The standard InChI is InChI=1S/C9H8N2O2S2/c1-13-8(12)6-7(15-9(14)11-6)5-3-2-4-10-5/h2-4,10H,1H3,(H,11,14). The Bertz CT molecular complexity index is 525. The van der Waals surface area contributed by atoms with Crippen LogP contribution in [0.5, 0.6) is 0 Å². The molecular weight excluding hydrogens is 232 g/mol. The van der Waals surface area contributed by atoms with Crippen LogP contribution in [0, 0.1) is 3.95 Å². The van der Waals surface area contributed by atoms with Crippen LogP contribution in [0.3, 0.4) is 0 Å². The Morgan fingerprint density at radius 2 is 2.40 bits per heavy atom. The molecule has 78 valence electrons. The number of hydrogen-bond donors (Lipinski definition) is 2. The first kappa shape index (κ1) is 10.1. The van der Waals surface area contributed by atoms with Gasteiger partial charge in [0.25, 0.3) is 0 Å². The molecule has 0 saturated heterocycles. The lowest BCUT2D eigenvalue weighted by molar-refractivity contribution is 0.0595. The van der Waals surface area contributed by atoms with Gasteiger partial charge >= 0.3 is 5.97 Å². The van der Waals surface area contributed by atoms with Crippen LogP contribution >= 0.6 is 23.6 Å². The number of ether oxygens (including phenoxy) is 1. The van der Waals surface area contributed by atoms with E-state index in [1.54, 1.807) is 6.20 Å². The van der Waals surface area contributed by atoms with E-state index in [9.17, 15) is 4.79 Å². The Kier molecular flexibility index (Phi) is 2.70. The van der Waals surface area contributed by atoms with Crippen molar-refractivity contribution < 1.29 is 9.53 Å². The van der Waals surface area contributed by atoms with Gasteiger partial charge in [-0.2, -0.15) is 0 Å². The lowest BCUT2D eigenvalue weighted by Gasteiger charge is -1.98. The smallest absolute Gasteiger partial charge is 0.356 e. The number of carbonyl (C=O) groups excluding carboxylic acids is 1. The van der Waals surface area contributed by atoms with E-state index in [4.69, 9.17) is 12.2 Å². The molecule has 4 nitrogen and oxygen atoms in total. The molecule has 0 aliphatic rings. The van der Waals surface area contributed by atoms with Crippen molar-refractivity contribution >= 4 is 29.5 Å². The number of H-pyrrole nitrogens is 2. The first-order chi connectivity index (χ1) is 7.22. The molecule has 15 heavy (non-hydrogen) atoms. The number of carbonyl (C=O) groups is 1. The largest absolute Gasteiger partial charge is 0.464 e. The van der Waals surface area contributed by atoms with Gasteiger partial charge in [-0.15, -0.1) is 11.3 Å². The number of aromatic amines is 2. The van der Waals surface area contributed by atoms with E-state index in [-0.39, 0.29) is 0 Å². The van der Waals surface area contributed by atoms with Crippen LogP contribution < -0.4 is 0 Å². The lowest BCUT2D eigenvalue weighted by Crippen LogP contribution is -2.03. The van der Waals surface area contributed by atoms with Crippen molar-refractivity contribution in [3.05, 3.63) is 28.0 Å². The molecule has 0 fully saturated rings. The average Bonchev–Trinajstić information content (AvgIpc) is 2.84. The van der Waals surface area contributed by atoms with Gasteiger partial charge in [0.15, 0.2) is 3.95 Å². The maximum absolute atomic E-state index is 11.4. The van der Waals surface area contributed by atoms with Crippen LogP contribution in [0.2, 0.25) is 0 Å². The van der Waals surface area contributed by atoms with Gasteiger partial charge in [0, 0.05) is 6.20 Å². The zero-order valence-corrected chi connectivity index (χ0v) is 9.50. The van der Waals surface area contributed by atoms with Crippen LogP contribution in [-0.2, 0) is 4.74 Å². The van der Waals surface area contributed by atoms with Gasteiger partial charge in [-0.05, 0) is 24.4 Å². The van der Waals surface area contributed by atoms with Gasteiger partial charge in [0.1, 0.15) is 5.69 Å². The monoisotopic (exact) mass is 240 g/mol. The minimum atomic E-state index is -0.410. The van der Waals surface area contributed by atoms with E-state index < -0.39 is 5.97 Å². The number of hydrogen-bond acceptors (Lipinski definition) is 4. The fourth-order valence-electron chi connectivity index (χ4n) is 1.24. The number of nitrogens with one attached hydrogen (secondary N) is 2. The summed E-state index contributed by atoms with van der Waals surface area (Å²) in [4.78, 5) is 18.1. The second-order valence-electron chi connectivity index (χ2n) is 2.79. The number of thiazole rings is 1. The third-order valence-corrected chi connectivity index (χ3v) is 3.15. The number of esters is 1. The van der Waals surface area contributed by atoms with Gasteiger partial charge < -0.3 is 14.7 Å². The predicted molar refractivity (Wildman–Crippen MR) is 60.6 cm³/mol. The van der Waals surface area contributed by atoms with Crippen molar-refractivity contribution in [3.63, 3.8) is 0 Å². The first-order valence-electron chi connectivity index (χ1n) is 4.17. The van der Waals surface area contributed by atoms with Crippen molar-refractivity contribution in [2.24, 2.45) is 0 Å². The SMILES string of the molecule is COC(=O)c1[nH]c(=S)sc1-c1ccc[nH]1. The summed E-state index contributed by atoms with van der Waals surface area (Å²) in [6.07, 6.45) is 1.79. The maximum atomic E-state index is 11.4. The molecule has 2 heterocycles. The van der Waals surface area contributed by atoms with Crippen LogP contribution in [0.15, 0.2) is 18.3 Å². The highest BCUT2D eigenvalue weighted by atomic mass is 32.1. The topological polar surface area (TPSA) is 57.9 Å². The second-order valence-corrected chi connectivity index (χ2v) is 4.48. The van der Waals surface area contributed by atoms with Crippen molar-refractivity contribution in [1.29, 1.82) is 0 Å². The third kappa shape index (κ3) is 1.86. The Balaban J connectivity index is 2.57. The third-order valence-electron chi connectivity index (χ3n) is 1.88. The van der Waals surface area contributed by atoms with E-state index in [0.29, 0.717) is 9.65 Å². The highest BCUT2D eigenvalue weighted by molar-refractivity contribution is 7.73. The Morgan fingerprint density at radius 1 is 1.60 bits per heavy atom. The second kappa shape index (κ2) is 4.00. The zero-order valence-electron chi connectivity index (χ0n) is 7.87. The van der Waals surface area contributed by atoms with Crippen LogP contribution in [0.4, 0.5) is 0 Å². The quantitative estimate of drug-likeness (QED) is 0.626. The summed E-state index contributed by atoms with van der Waals surface area (Å²) in [6, 6.07) is 3.74. The summed E-state index contributed by atoms with van der Waals surface area (Å²) < 4.78 is 5.22. The molecule has 0 amide bonds. The Labute approximate surface area is 94.9 Å². The summed E-state index contributed by atoms with van der Waals surface area (Å²) in [5, 5.41) is 0. The van der Waals surface area contributed by atoms with E-state index in [0.717, 1.165) is 10.6 Å². The summed E-state index contributed by atoms with van der Waals surface area (Å²) in [5.74, 6) is -0.410. The fourth-order valence-corrected chi connectivity index (χ4v) is 2.40. The van der Waals surface area contributed by atoms with Crippen molar-refractivity contribution in [2.45, 2.75) is 0 Å². The number of methoxy groups -OCH3 is 1. The molecule has 0 radical (unpaired) electrons. The van der Waals surface area contributed by atoms with Gasteiger partial charge in [0.2, 0.25) is 0 Å². The predicted octanol–water partition coefficient (Wildman–Crippen LogP) is 2.59. The molecule has 6 heteroatoms. The minimum absolute atomic E-state index is 0.398. The van der Waals surface area contributed by atoms with Gasteiger partial charge in [0.05, 0.1) is 17.7 Å². The average molecular weight is 240 g/mol. The first-order valence-corrected chi connectivity index (χ1v) is 5.40. The summed E-state index contributed by atoms with van der Waals surface area (Å²) in [5.41, 5.74) is 1.25. The zero-order chi connectivity index (χ0) is 10.8. The molecule has 0 atom stereocenters. The maximum Gasteiger partial charge on any atom is 0.356 e. The lowest BCUT2D eigenvalue weighted by atomic mass is 10.3. The van der Waals surface area contributed by atoms with E-state index in [1.165, 1.54) is 18.4 Å². The molecule has 2 N–H and O–H groups in total. The number of aromatic nitrogens is 2. The molecule has 2 aromatic rings. The van der Waals surface area contributed by atoms with Crippen molar-refractivity contribution in [3.8, 4) is 10.6 Å². The Hall–Kier alpha value is -1.40. The van der Waals surface area contributed by atoms with Gasteiger partial charge in [-0.25, -0.2) is 4.79 Å². The van der Waals surface area contributed by atoms with Crippen LogP contribution in [0.25, 0.3) is 10.6 Å². The molecule has 0 aliphatic heterocycles.